The zero-order chi connectivity index (χ0) is 8.15. The fourth-order valence-electron chi connectivity index (χ4n) is 0.406. The molecule has 0 saturated carbocycles. The van der Waals surface area contributed by atoms with Gasteiger partial charge in [-0.3, -0.25) is 4.79 Å². The molecule has 1 atom stereocenters. The number of rotatable bonds is 4. The van der Waals surface area contributed by atoms with Gasteiger partial charge in [-0.05, 0) is 6.42 Å². The molecule has 0 bridgehead atoms. The number of nitrogens with two attached hydrogens (primary N) is 1. The van der Waals surface area contributed by atoms with E-state index < -0.39 is 24.9 Å². The Balaban J connectivity index is 3.39. The first-order chi connectivity index (χ1) is 4.54. The molecule has 0 rings (SSSR count). The third-order valence-corrected chi connectivity index (χ3v) is 0.940. The summed E-state index contributed by atoms with van der Waals surface area (Å²) in [5, 5.41) is 0. The van der Waals surface area contributed by atoms with E-state index in [1.807, 2.05) is 0 Å². The molecule has 0 fully saturated rings. The van der Waals surface area contributed by atoms with Gasteiger partial charge in [0, 0.05) is 6.42 Å². The van der Waals surface area contributed by atoms with Crippen LogP contribution in [-0.4, -0.2) is 18.5 Å². The van der Waals surface area contributed by atoms with E-state index in [4.69, 9.17) is 0 Å². The summed E-state index contributed by atoms with van der Waals surface area (Å²) in [6, 6.07) is 0. The van der Waals surface area contributed by atoms with Crippen LogP contribution in [0.4, 0.5) is 13.2 Å². The normalized spacial score (nSPS) is 13.6. The molecule has 0 heterocycles. The number of alkyl halides is 3. The van der Waals surface area contributed by atoms with Crippen molar-refractivity contribution >= 4 is 5.91 Å². The van der Waals surface area contributed by atoms with Gasteiger partial charge in [-0.1, -0.05) is 0 Å². The topological polar surface area (TPSA) is 43.1 Å². The molecule has 2 N–H and O–H groups in total. The number of hydrogen-bond acceptors (Lipinski definition) is 1. The summed E-state index contributed by atoms with van der Waals surface area (Å²) in [5.74, 6) is -0.761. The van der Waals surface area contributed by atoms with Gasteiger partial charge in [-0.2, -0.15) is 0 Å². The van der Waals surface area contributed by atoms with Crippen molar-refractivity contribution in [1.29, 1.82) is 0 Å². The van der Waals surface area contributed by atoms with Crippen molar-refractivity contribution in [1.82, 2.24) is 0 Å². The van der Waals surface area contributed by atoms with Crippen LogP contribution in [0.5, 0.6) is 0 Å². The fourth-order valence-corrected chi connectivity index (χ4v) is 0.406. The zero-order valence-corrected chi connectivity index (χ0v) is 5.19. The monoisotopic (exact) mass is 155 g/mol. The molecule has 0 aliphatic rings. The number of halogens is 3. The Kier molecular flexibility index (Phi) is 3.83. The Morgan fingerprint density at radius 1 is 1.40 bits per heavy atom. The van der Waals surface area contributed by atoms with E-state index in [-0.39, 0.29) is 6.42 Å². The van der Waals surface area contributed by atoms with Crippen LogP contribution in [0.1, 0.15) is 12.8 Å². The Morgan fingerprint density at radius 2 is 1.90 bits per heavy atom. The summed E-state index contributed by atoms with van der Waals surface area (Å²) in [6.07, 6.45) is -6.06. The molecule has 0 radical (unpaired) electrons. The largest absolute Gasteiger partial charge is 0.370 e. The minimum absolute atomic E-state index is 0.328. The molecule has 0 aliphatic heterocycles. The van der Waals surface area contributed by atoms with Gasteiger partial charge in [0.25, 0.3) is 6.43 Å². The molecule has 1 unspecified atom stereocenters. The highest BCUT2D eigenvalue weighted by Gasteiger charge is 2.18. The van der Waals surface area contributed by atoms with Crippen LogP contribution >= 0.6 is 0 Å². The first-order valence-corrected chi connectivity index (χ1v) is 2.74. The van der Waals surface area contributed by atoms with E-state index in [0.29, 0.717) is 0 Å². The minimum Gasteiger partial charge on any atom is -0.370 e. The average Bonchev–Trinajstić information content (AvgIpc) is 1.82. The van der Waals surface area contributed by atoms with Crippen molar-refractivity contribution < 1.29 is 18.0 Å². The first-order valence-electron chi connectivity index (χ1n) is 2.74. The lowest BCUT2D eigenvalue weighted by molar-refractivity contribution is -0.118. The predicted octanol–water partition coefficient (Wildman–Crippen LogP) is 0.855. The number of carbonyl (C=O) groups excluding carboxylic acids is 1. The molecule has 0 saturated heterocycles. The van der Waals surface area contributed by atoms with Gasteiger partial charge in [-0.25, -0.2) is 13.2 Å². The molecular weight excluding hydrogens is 147 g/mol. The Morgan fingerprint density at radius 3 is 2.20 bits per heavy atom. The van der Waals surface area contributed by atoms with Crippen LogP contribution < -0.4 is 5.73 Å². The highest BCUT2D eigenvalue weighted by molar-refractivity contribution is 5.73. The summed E-state index contributed by atoms with van der Waals surface area (Å²) >= 11 is 0. The lowest BCUT2D eigenvalue weighted by atomic mass is 10.2. The van der Waals surface area contributed by atoms with Gasteiger partial charge >= 0.3 is 0 Å². The summed E-state index contributed by atoms with van der Waals surface area (Å²) in [7, 11) is 0. The molecule has 0 aromatic rings. The van der Waals surface area contributed by atoms with Crippen molar-refractivity contribution in [2.24, 2.45) is 5.73 Å². The SMILES string of the molecule is NC(=O)CCC(F)C(F)F. The second kappa shape index (κ2) is 4.14. The second-order valence-corrected chi connectivity index (χ2v) is 1.86. The number of primary amides is 1. The lowest BCUT2D eigenvalue weighted by Crippen LogP contribution is -2.17. The van der Waals surface area contributed by atoms with E-state index in [0.717, 1.165) is 0 Å². The van der Waals surface area contributed by atoms with E-state index in [2.05, 4.69) is 5.73 Å². The first kappa shape index (κ1) is 9.26. The highest BCUT2D eigenvalue weighted by Crippen LogP contribution is 2.10. The van der Waals surface area contributed by atoms with Crippen molar-refractivity contribution in [3.05, 3.63) is 0 Å². The van der Waals surface area contributed by atoms with E-state index in [1.165, 1.54) is 0 Å². The van der Waals surface area contributed by atoms with Gasteiger partial charge in [-0.15, -0.1) is 0 Å². The van der Waals surface area contributed by atoms with E-state index in [1.54, 1.807) is 0 Å². The van der Waals surface area contributed by atoms with Gasteiger partial charge in [0.2, 0.25) is 5.91 Å². The van der Waals surface area contributed by atoms with Crippen LogP contribution in [-0.2, 0) is 4.79 Å². The third kappa shape index (κ3) is 4.17. The van der Waals surface area contributed by atoms with Crippen LogP contribution in [0.3, 0.4) is 0 Å². The average molecular weight is 155 g/mol. The Labute approximate surface area is 56.2 Å². The molecule has 0 aromatic carbocycles. The predicted molar refractivity (Wildman–Crippen MR) is 29.3 cm³/mol. The van der Waals surface area contributed by atoms with Crippen LogP contribution in [0.2, 0.25) is 0 Å². The van der Waals surface area contributed by atoms with Crippen LogP contribution in [0, 0.1) is 0 Å². The van der Waals surface area contributed by atoms with Crippen molar-refractivity contribution in [3.63, 3.8) is 0 Å². The van der Waals surface area contributed by atoms with E-state index in [9.17, 15) is 18.0 Å². The molecule has 5 heteroatoms. The molecule has 1 amide bonds. The zero-order valence-electron chi connectivity index (χ0n) is 5.19. The standard InChI is InChI=1S/C5H8F3NO/c6-3(5(7)8)1-2-4(9)10/h3,5H,1-2H2,(H2,9,10). The number of hydrogen-bond donors (Lipinski definition) is 1. The summed E-state index contributed by atoms with van der Waals surface area (Å²) in [6.45, 7) is 0. The molecule has 10 heavy (non-hydrogen) atoms. The molecule has 60 valence electrons. The van der Waals surface area contributed by atoms with Gasteiger partial charge in [0.1, 0.15) is 0 Å². The highest BCUT2D eigenvalue weighted by atomic mass is 19.3. The van der Waals surface area contributed by atoms with Crippen LogP contribution in [0.25, 0.3) is 0 Å². The van der Waals surface area contributed by atoms with Gasteiger partial charge in [0.15, 0.2) is 6.17 Å². The third-order valence-electron chi connectivity index (χ3n) is 0.940. The van der Waals surface area contributed by atoms with Crippen molar-refractivity contribution in [2.75, 3.05) is 0 Å². The maximum Gasteiger partial charge on any atom is 0.269 e. The van der Waals surface area contributed by atoms with Gasteiger partial charge in [0.05, 0.1) is 0 Å². The van der Waals surface area contributed by atoms with Gasteiger partial charge < -0.3 is 5.73 Å². The minimum atomic E-state index is -3.01. The summed E-state index contributed by atoms with van der Waals surface area (Å²) < 4.78 is 34.6. The molecule has 0 spiro atoms. The maximum absolute atomic E-state index is 11.9. The van der Waals surface area contributed by atoms with Crippen LogP contribution in [0.15, 0.2) is 0 Å². The molecular formula is C5H8F3NO. The lowest BCUT2D eigenvalue weighted by Gasteiger charge is -2.03. The smallest absolute Gasteiger partial charge is 0.269 e. The maximum atomic E-state index is 11.9. The quantitative estimate of drug-likeness (QED) is 0.642. The summed E-state index contributed by atoms with van der Waals surface area (Å²) in [4.78, 5) is 9.94. The number of carbonyl (C=O) groups is 1. The summed E-state index contributed by atoms with van der Waals surface area (Å²) in [5.41, 5.74) is 4.59. The van der Waals surface area contributed by atoms with Crippen molar-refractivity contribution in [3.8, 4) is 0 Å². The Bertz CT molecular complexity index is 117. The molecule has 0 aliphatic carbocycles. The second-order valence-electron chi connectivity index (χ2n) is 1.86. The van der Waals surface area contributed by atoms with E-state index >= 15 is 0 Å². The fraction of sp³-hybridized carbons (Fsp3) is 0.800. The molecule has 2 nitrogen and oxygen atoms in total. The molecule has 0 aromatic heterocycles. The number of amides is 1. The Hall–Kier alpha value is -0.740. The van der Waals surface area contributed by atoms with Crippen molar-refractivity contribution in [2.45, 2.75) is 25.4 Å².